The summed E-state index contributed by atoms with van der Waals surface area (Å²) < 4.78 is 9.35. The van der Waals surface area contributed by atoms with E-state index in [1.807, 2.05) is 18.3 Å². The van der Waals surface area contributed by atoms with Gasteiger partial charge < -0.3 is 30.0 Å². The molecule has 0 aromatic carbocycles. The molecular formula is C26H26ClN7O3. The minimum Gasteiger partial charge on any atom is -0.450 e. The number of hydrogen-bond acceptors (Lipinski definition) is 8. The van der Waals surface area contributed by atoms with Crippen molar-refractivity contribution in [2.24, 2.45) is 12.8 Å². The number of ether oxygens (including phenoxy) is 1. The predicted molar refractivity (Wildman–Crippen MR) is 141 cm³/mol. The van der Waals surface area contributed by atoms with Crippen molar-refractivity contribution in [3.05, 3.63) is 75.7 Å². The number of nitrogens with one attached hydrogen (secondary N) is 1. The van der Waals surface area contributed by atoms with Crippen molar-refractivity contribution in [1.29, 1.82) is 0 Å². The van der Waals surface area contributed by atoms with Gasteiger partial charge in [0.1, 0.15) is 21.9 Å². The minimum atomic E-state index is -0.504. The molecule has 2 fully saturated rings. The van der Waals surface area contributed by atoms with Gasteiger partial charge in [0.05, 0.1) is 18.3 Å². The maximum Gasteiger partial charge on any atom is 0.274 e. The van der Waals surface area contributed by atoms with E-state index in [1.54, 1.807) is 34.5 Å². The van der Waals surface area contributed by atoms with Crippen molar-refractivity contribution >= 4 is 40.2 Å². The molecule has 37 heavy (non-hydrogen) atoms. The lowest BCUT2D eigenvalue weighted by molar-refractivity contribution is 0.0299. The lowest BCUT2D eigenvalue weighted by Gasteiger charge is -2.34. The zero-order chi connectivity index (χ0) is 25.7. The minimum absolute atomic E-state index is 0.198. The Kier molecular flexibility index (Phi) is 5.85. The highest BCUT2D eigenvalue weighted by molar-refractivity contribution is 6.36. The first-order valence-corrected chi connectivity index (χ1v) is 12.6. The van der Waals surface area contributed by atoms with Crippen molar-refractivity contribution in [3.63, 3.8) is 0 Å². The number of aryl methyl sites for hydroxylation is 1. The molecule has 0 aliphatic heterocycles. The van der Waals surface area contributed by atoms with Gasteiger partial charge in [0.15, 0.2) is 17.2 Å². The van der Waals surface area contributed by atoms with Crippen molar-refractivity contribution < 1.29 is 9.84 Å². The van der Waals surface area contributed by atoms with E-state index < -0.39 is 6.10 Å². The summed E-state index contributed by atoms with van der Waals surface area (Å²) in [6.07, 6.45) is 9.50. The van der Waals surface area contributed by atoms with Crippen LogP contribution in [0.1, 0.15) is 48.9 Å². The standard InChI is InChI=1S/C26H26ClN7O3/c1-33-23-22(27)21(37-20(11-28)16-4-2-3-9-29-16)12-30-24(23)32-26(33)31-17-10-15(14-5-6-14)13-34(25(17)36)18-7-8-19(18)35/h2-4,9-14,18-19,35H,5-8,28H2,1H3,(H,30,31,32). The van der Waals surface area contributed by atoms with Gasteiger partial charge in [-0.25, -0.2) is 4.98 Å². The number of imidazole rings is 1. The second-order valence-electron chi connectivity index (χ2n) is 9.46. The van der Waals surface area contributed by atoms with Crippen LogP contribution < -0.4 is 21.3 Å². The Bertz CT molecular complexity index is 1580. The topological polar surface area (TPSA) is 133 Å². The number of rotatable bonds is 7. The van der Waals surface area contributed by atoms with Crippen LogP contribution in [0.5, 0.6) is 5.75 Å². The summed E-state index contributed by atoms with van der Waals surface area (Å²) in [6.45, 7) is 0. The molecule has 4 heterocycles. The van der Waals surface area contributed by atoms with E-state index in [0.717, 1.165) is 24.8 Å². The van der Waals surface area contributed by atoms with Gasteiger partial charge in [-0.2, -0.15) is 4.98 Å². The number of halogens is 1. The largest absolute Gasteiger partial charge is 0.450 e. The predicted octanol–water partition coefficient (Wildman–Crippen LogP) is 3.83. The maximum atomic E-state index is 13.4. The highest BCUT2D eigenvalue weighted by Gasteiger charge is 2.33. The number of nitrogens with two attached hydrogens (primary N) is 1. The number of aromatic nitrogens is 5. The molecule has 0 spiro atoms. The third kappa shape index (κ3) is 4.21. The summed E-state index contributed by atoms with van der Waals surface area (Å²) in [5.41, 5.74) is 8.55. The molecular weight excluding hydrogens is 494 g/mol. The first-order valence-electron chi connectivity index (χ1n) is 12.2. The molecule has 0 amide bonds. The Hall–Kier alpha value is -3.89. The third-order valence-electron chi connectivity index (χ3n) is 7.01. The molecule has 0 radical (unpaired) electrons. The van der Waals surface area contributed by atoms with Crippen molar-refractivity contribution in [2.45, 2.75) is 43.7 Å². The molecule has 190 valence electrons. The smallest absolute Gasteiger partial charge is 0.274 e. The summed E-state index contributed by atoms with van der Waals surface area (Å²) in [5, 5.41) is 13.7. The molecule has 2 aliphatic carbocycles. The number of fused-ring (bicyclic) bond motifs is 1. The molecule has 2 aliphatic rings. The van der Waals surface area contributed by atoms with Gasteiger partial charge in [0.25, 0.3) is 5.56 Å². The van der Waals surface area contributed by atoms with Crippen LogP contribution >= 0.6 is 11.6 Å². The first kappa shape index (κ1) is 23.5. The Morgan fingerprint density at radius 1 is 1.27 bits per heavy atom. The van der Waals surface area contributed by atoms with Crippen LogP contribution in [0.15, 0.2) is 53.9 Å². The summed E-state index contributed by atoms with van der Waals surface area (Å²) in [4.78, 5) is 26.6. The monoisotopic (exact) mass is 519 g/mol. The molecule has 6 rings (SSSR count). The fraction of sp³-hybridized carbons (Fsp3) is 0.308. The zero-order valence-corrected chi connectivity index (χ0v) is 20.9. The average molecular weight is 520 g/mol. The van der Waals surface area contributed by atoms with Crippen LogP contribution in [0.2, 0.25) is 5.02 Å². The van der Waals surface area contributed by atoms with E-state index in [-0.39, 0.29) is 11.6 Å². The van der Waals surface area contributed by atoms with E-state index in [4.69, 9.17) is 22.1 Å². The van der Waals surface area contributed by atoms with Crippen LogP contribution in [0, 0.1) is 0 Å². The molecule has 0 saturated heterocycles. The number of anilines is 2. The number of nitrogens with zero attached hydrogens (tertiary/aromatic N) is 5. The van der Waals surface area contributed by atoms with Crippen LogP contribution in [0.4, 0.5) is 11.6 Å². The lowest BCUT2D eigenvalue weighted by Crippen LogP contribution is -2.39. The fourth-order valence-corrected chi connectivity index (χ4v) is 4.90. The fourth-order valence-electron chi connectivity index (χ4n) is 4.60. The summed E-state index contributed by atoms with van der Waals surface area (Å²) in [6, 6.07) is 7.08. The highest BCUT2D eigenvalue weighted by atomic mass is 35.5. The molecule has 2 atom stereocenters. The van der Waals surface area contributed by atoms with Crippen LogP contribution in [0.3, 0.4) is 0 Å². The molecule has 10 nitrogen and oxygen atoms in total. The second kappa shape index (κ2) is 9.20. The Morgan fingerprint density at radius 3 is 2.76 bits per heavy atom. The molecule has 2 saturated carbocycles. The van der Waals surface area contributed by atoms with Gasteiger partial charge >= 0.3 is 0 Å². The number of aliphatic hydroxyl groups is 1. The number of hydrogen-bond donors (Lipinski definition) is 3. The highest BCUT2D eigenvalue weighted by Crippen LogP contribution is 2.42. The molecule has 4 N–H and O–H groups in total. The molecule has 11 heteroatoms. The summed E-state index contributed by atoms with van der Waals surface area (Å²) >= 11 is 6.73. The normalized spacial score (nSPS) is 19.6. The zero-order valence-electron chi connectivity index (χ0n) is 20.1. The SMILES string of the molecule is Cn1c(Nc2cc(C3CC3)cn(C3CCC3O)c2=O)nc2ncc(OC(=CN)c3ccccn3)c(Cl)c21. The lowest BCUT2D eigenvalue weighted by atomic mass is 9.88. The van der Waals surface area contributed by atoms with Crippen molar-refractivity contribution in [2.75, 3.05) is 5.32 Å². The van der Waals surface area contributed by atoms with Crippen molar-refractivity contribution in [3.8, 4) is 5.75 Å². The molecule has 2 unspecified atom stereocenters. The van der Waals surface area contributed by atoms with Crippen LogP contribution in [-0.2, 0) is 7.05 Å². The van der Waals surface area contributed by atoms with Gasteiger partial charge in [0, 0.05) is 25.6 Å². The van der Waals surface area contributed by atoms with Crippen molar-refractivity contribution in [1.82, 2.24) is 24.1 Å². The summed E-state index contributed by atoms with van der Waals surface area (Å²) in [7, 11) is 1.78. The van der Waals surface area contributed by atoms with Gasteiger partial charge in [0.2, 0.25) is 5.95 Å². The average Bonchev–Trinajstić information content (AvgIpc) is 3.70. The Labute approximate surface area is 217 Å². The van der Waals surface area contributed by atoms with E-state index in [2.05, 4.69) is 20.3 Å². The van der Waals surface area contributed by atoms with Gasteiger partial charge in [-0.3, -0.25) is 9.78 Å². The Morgan fingerprint density at radius 2 is 2.11 bits per heavy atom. The maximum absolute atomic E-state index is 13.4. The van der Waals surface area contributed by atoms with E-state index in [9.17, 15) is 9.90 Å². The molecule has 4 aromatic rings. The second-order valence-corrected chi connectivity index (χ2v) is 9.84. The number of aliphatic hydroxyl groups excluding tert-OH is 1. The van der Waals surface area contributed by atoms with Gasteiger partial charge in [-0.05, 0) is 55.4 Å². The van der Waals surface area contributed by atoms with Crippen LogP contribution in [0.25, 0.3) is 16.9 Å². The van der Waals surface area contributed by atoms with Crippen LogP contribution in [-0.4, -0.2) is 35.3 Å². The first-order chi connectivity index (χ1) is 17.9. The Balaban J connectivity index is 1.35. The van der Waals surface area contributed by atoms with E-state index in [1.165, 1.54) is 12.4 Å². The summed E-state index contributed by atoms with van der Waals surface area (Å²) in [5.74, 6) is 1.47. The molecule has 0 bridgehead atoms. The number of pyridine rings is 3. The third-order valence-corrected chi connectivity index (χ3v) is 7.38. The van der Waals surface area contributed by atoms with Gasteiger partial charge in [-0.1, -0.05) is 17.7 Å². The molecule has 4 aromatic heterocycles. The quantitative estimate of drug-likeness (QED) is 0.314. The van der Waals surface area contributed by atoms with E-state index in [0.29, 0.717) is 57.4 Å². The van der Waals surface area contributed by atoms with Gasteiger partial charge in [-0.15, -0.1) is 0 Å². The van der Waals surface area contributed by atoms with E-state index >= 15 is 0 Å².